The van der Waals surface area contributed by atoms with Crippen molar-refractivity contribution in [3.05, 3.63) is 54.0 Å². The Kier molecular flexibility index (Phi) is 3.39. The van der Waals surface area contributed by atoms with Crippen molar-refractivity contribution in [3.63, 3.8) is 0 Å². The summed E-state index contributed by atoms with van der Waals surface area (Å²) < 4.78 is 19.7. The summed E-state index contributed by atoms with van der Waals surface area (Å²) in [7, 11) is 0. The van der Waals surface area contributed by atoms with Gasteiger partial charge in [0.2, 0.25) is 11.9 Å². The fourth-order valence-corrected chi connectivity index (χ4v) is 3.17. The Labute approximate surface area is 152 Å². The zero-order valence-electron chi connectivity index (χ0n) is 14.0. The Morgan fingerprint density at radius 1 is 1.19 bits per heavy atom. The van der Waals surface area contributed by atoms with Gasteiger partial charge in [0.25, 0.3) is 0 Å². The minimum Gasteiger partial charge on any atom is -0.491 e. The van der Waals surface area contributed by atoms with E-state index in [4.69, 9.17) is 10.5 Å². The zero-order valence-corrected chi connectivity index (χ0v) is 14.0. The third-order valence-corrected chi connectivity index (χ3v) is 4.42. The van der Waals surface area contributed by atoms with Crippen LogP contribution in [0.15, 0.2) is 42.6 Å². The molecule has 1 atom stereocenters. The summed E-state index contributed by atoms with van der Waals surface area (Å²) in [5, 5.41) is 11.0. The first-order chi connectivity index (χ1) is 13.2. The first-order valence-electron chi connectivity index (χ1n) is 8.30. The number of aromatic amines is 1. The smallest absolute Gasteiger partial charge is 0.228 e. The van der Waals surface area contributed by atoms with Crippen LogP contribution >= 0.6 is 0 Å². The van der Waals surface area contributed by atoms with Gasteiger partial charge >= 0.3 is 0 Å². The molecule has 27 heavy (non-hydrogen) atoms. The molecule has 0 aliphatic carbocycles. The average molecular weight is 363 g/mol. The van der Waals surface area contributed by atoms with Gasteiger partial charge in [0.15, 0.2) is 5.82 Å². The molecule has 1 aliphatic rings. The number of anilines is 2. The van der Waals surface area contributed by atoms with Crippen LogP contribution in [-0.2, 0) is 0 Å². The molecule has 2 aromatic heterocycles. The van der Waals surface area contributed by atoms with E-state index in [-0.39, 0.29) is 24.3 Å². The summed E-state index contributed by atoms with van der Waals surface area (Å²) in [5.41, 5.74) is 7.94. The van der Waals surface area contributed by atoms with E-state index in [1.165, 1.54) is 6.07 Å². The van der Waals surface area contributed by atoms with Crippen molar-refractivity contribution in [2.24, 2.45) is 0 Å². The lowest BCUT2D eigenvalue weighted by Gasteiger charge is -2.13. The molecule has 8 nitrogen and oxygen atoms in total. The summed E-state index contributed by atoms with van der Waals surface area (Å²) in [6.45, 7) is 0.275. The molecule has 134 valence electrons. The van der Waals surface area contributed by atoms with Crippen molar-refractivity contribution in [1.82, 2.24) is 25.1 Å². The SMILES string of the molecule is Nc1nc(NC2COc3cccc(F)c32)nc(-c2ccc3cn[nH]c3c2)n1. The number of nitrogens with one attached hydrogen (secondary N) is 2. The van der Waals surface area contributed by atoms with Crippen LogP contribution in [-0.4, -0.2) is 31.8 Å². The van der Waals surface area contributed by atoms with E-state index in [2.05, 4.69) is 30.5 Å². The van der Waals surface area contributed by atoms with Crippen LogP contribution in [0, 0.1) is 5.82 Å². The van der Waals surface area contributed by atoms with Crippen LogP contribution in [0.1, 0.15) is 11.6 Å². The highest BCUT2D eigenvalue weighted by Crippen LogP contribution is 2.36. The Hall–Kier alpha value is -3.75. The molecular weight excluding hydrogens is 349 g/mol. The van der Waals surface area contributed by atoms with Gasteiger partial charge in [-0.2, -0.15) is 20.1 Å². The average Bonchev–Trinajstić information content (AvgIpc) is 3.28. The minimum atomic E-state index is -0.411. The number of H-pyrrole nitrogens is 1. The summed E-state index contributed by atoms with van der Waals surface area (Å²) >= 11 is 0. The van der Waals surface area contributed by atoms with Gasteiger partial charge in [-0.15, -0.1) is 0 Å². The number of aromatic nitrogens is 5. The first-order valence-corrected chi connectivity index (χ1v) is 8.30. The molecule has 0 amide bonds. The molecule has 0 radical (unpaired) electrons. The topological polar surface area (TPSA) is 115 Å². The Morgan fingerprint density at radius 2 is 2.11 bits per heavy atom. The molecule has 0 fully saturated rings. The number of hydrogen-bond donors (Lipinski definition) is 3. The van der Waals surface area contributed by atoms with Crippen molar-refractivity contribution in [2.75, 3.05) is 17.7 Å². The molecule has 0 saturated heterocycles. The molecule has 1 unspecified atom stereocenters. The van der Waals surface area contributed by atoms with Crippen LogP contribution in [0.4, 0.5) is 16.3 Å². The quantitative estimate of drug-likeness (QED) is 0.512. The standard InChI is InChI=1S/C18H14FN7O/c19-11-2-1-3-14-15(11)13(8-27-14)22-18-24-16(23-17(20)25-18)9-4-5-10-7-21-26-12(10)6-9/h1-7,13H,8H2,(H,21,26)(H3,20,22,23,24,25). The number of hydrogen-bond acceptors (Lipinski definition) is 7. The molecule has 9 heteroatoms. The molecule has 5 rings (SSSR count). The van der Waals surface area contributed by atoms with Gasteiger partial charge in [-0.05, 0) is 18.2 Å². The number of nitrogens with two attached hydrogens (primary N) is 1. The molecule has 0 spiro atoms. The maximum atomic E-state index is 14.2. The van der Waals surface area contributed by atoms with Crippen molar-refractivity contribution < 1.29 is 9.13 Å². The predicted octanol–water partition coefficient (Wildman–Crippen LogP) is 2.68. The predicted molar refractivity (Wildman–Crippen MR) is 97.6 cm³/mol. The second-order valence-corrected chi connectivity index (χ2v) is 6.17. The lowest BCUT2D eigenvalue weighted by Crippen LogP contribution is -2.16. The molecule has 3 heterocycles. The van der Waals surface area contributed by atoms with Crippen molar-refractivity contribution >= 4 is 22.8 Å². The lowest BCUT2D eigenvalue weighted by molar-refractivity contribution is 0.339. The van der Waals surface area contributed by atoms with Gasteiger partial charge in [-0.3, -0.25) is 5.10 Å². The Morgan fingerprint density at radius 3 is 3.04 bits per heavy atom. The van der Waals surface area contributed by atoms with Gasteiger partial charge < -0.3 is 15.8 Å². The van der Waals surface area contributed by atoms with Crippen LogP contribution in [0.3, 0.4) is 0 Å². The Balaban J connectivity index is 1.50. The summed E-state index contributed by atoms with van der Waals surface area (Å²) in [4.78, 5) is 12.8. The van der Waals surface area contributed by atoms with E-state index >= 15 is 0 Å². The number of nitrogen functional groups attached to an aromatic ring is 1. The van der Waals surface area contributed by atoms with Crippen molar-refractivity contribution in [3.8, 4) is 17.1 Å². The highest BCUT2D eigenvalue weighted by atomic mass is 19.1. The molecule has 0 saturated carbocycles. The van der Waals surface area contributed by atoms with Gasteiger partial charge in [0, 0.05) is 10.9 Å². The summed E-state index contributed by atoms with van der Waals surface area (Å²) in [6, 6.07) is 10.0. The summed E-state index contributed by atoms with van der Waals surface area (Å²) in [6.07, 6.45) is 1.74. The summed E-state index contributed by atoms with van der Waals surface area (Å²) in [5.74, 6) is 0.912. The lowest BCUT2D eigenvalue weighted by atomic mass is 10.1. The number of rotatable bonds is 3. The number of nitrogens with zero attached hydrogens (tertiary/aromatic N) is 4. The van der Waals surface area contributed by atoms with E-state index in [1.54, 1.807) is 18.3 Å². The van der Waals surface area contributed by atoms with E-state index in [0.29, 0.717) is 17.1 Å². The molecule has 1 aliphatic heterocycles. The molecule has 2 aromatic carbocycles. The highest BCUT2D eigenvalue weighted by Gasteiger charge is 2.28. The fourth-order valence-electron chi connectivity index (χ4n) is 3.17. The van der Waals surface area contributed by atoms with E-state index in [0.717, 1.165) is 16.5 Å². The van der Waals surface area contributed by atoms with E-state index in [1.807, 2.05) is 18.2 Å². The third kappa shape index (κ3) is 2.69. The first kappa shape index (κ1) is 15.5. The maximum Gasteiger partial charge on any atom is 0.228 e. The molecular formula is C18H14FN7O. The minimum absolute atomic E-state index is 0.0693. The largest absolute Gasteiger partial charge is 0.491 e. The number of benzene rings is 2. The highest BCUT2D eigenvalue weighted by molar-refractivity contribution is 5.82. The molecule has 0 bridgehead atoms. The van der Waals surface area contributed by atoms with Gasteiger partial charge in [0.05, 0.1) is 23.3 Å². The van der Waals surface area contributed by atoms with Crippen molar-refractivity contribution in [1.29, 1.82) is 0 Å². The number of fused-ring (bicyclic) bond motifs is 2. The van der Waals surface area contributed by atoms with E-state index in [9.17, 15) is 4.39 Å². The number of ether oxygens (including phenoxy) is 1. The monoisotopic (exact) mass is 363 g/mol. The van der Waals surface area contributed by atoms with E-state index < -0.39 is 6.04 Å². The third-order valence-electron chi connectivity index (χ3n) is 4.42. The van der Waals surface area contributed by atoms with Gasteiger partial charge in [-0.1, -0.05) is 18.2 Å². The van der Waals surface area contributed by atoms with Crippen LogP contribution in [0.2, 0.25) is 0 Å². The van der Waals surface area contributed by atoms with Crippen molar-refractivity contribution in [2.45, 2.75) is 6.04 Å². The van der Waals surface area contributed by atoms with Gasteiger partial charge in [-0.25, -0.2) is 4.39 Å². The molecule has 4 N–H and O–H groups in total. The molecule has 4 aromatic rings. The zero-order chi connectivity index (χ0) is 18.4. The number of halogens is 1. The fraction of sp³-hybridized carbons (Fsp3) is 0.111. The van der Waals surface area contributed by atoms with Crippen LogP contribution in [0.5, 0.6) is 5.75 Å². The maximum absolute atomic E-state index is 14.2. The van der Waals surface area contributed by atoms with Gasteiger partial charge in [0.1, 0.15) is 18.2 Å². The van der Waals surface area contributed by atoms with Crippen LogP contribution in [0.25, 0.3) is 22.3 Å². The second-order valence-electron chi connectivity index (χ2n) is 6.17. The second kappa shape index (κ2) is 5.90. The van der Waals surface area contributed by atoms with Crippen LogP contribution < -0.4 is 15.8 Å². The normalized spacial score (nSPS) is 15.5. The Bertz CT molecular complexity index is 1160.